The van der Waals surface area contributed by atoms with Gasteiger partial charge in [0.15, 0.2) is 5.69 Å². The number of nitrogens with one attached hydrogen (secondary N) is 1. The first-order chi connectivity index (χ1) is 14.2. The molecule has 156 valence electrons. The first-order valence-electron chi connectivity index (χ1n) is 9.27. The minimum atomic E-state index is -0.529. The molecule has 0 saturated heterocycles. The van der Waals surface area contributed by atoms with E-state index in [0.29, 0.717) is 16.8 Å². The van der Waals surface area contributed by atoms with Gasteiger partial charge in [0.05, 0.1) is 21.1 Å². The third-order valence-electron chi connectivity index (χ3n) is 4.61. The van der Waals surface area contributed by atoms with Gasteiger partial charge < -0.3 is 10.1 Å². The summed E-state index contributed by atoms with van der Waals surface area (Å²) in [7, 11) is 0. The average Bonchev–Trinajstić information content (AvgIpc) is 3.06. The Morgan fingerprint density at radius 1 is 1.23 bits per heavy atom. The Labute approximate surface area is 182 Å². The van der Waals surface area contributed by atoms with E-state index in [9.17, 15) is 14.9 Å². The van der Waals surface area contributed by atoms with E-state index < -0.39 is 10.8 Å². The highest BCUT2D eigenvalue weighted by Gasteiger charge is 2.18. The van der Waals surface area contributed by atoms with Crippen LogP contribution in [0, 0.1) is 30.9 Å². The minimum absolute atomic E-state index is 0.191. The number of rotatable bonds is 6. The summed E-state index contributed by atoms with van der Waals surface area (Å²) in [6, 6.07) is 8.06. The van der Waals surface area contributed by atoms with Gasteiger partial charge in [-0.25, -0.2) is 0 Å². The summed E-state index contributed by atoms with van der Waals surface area (Å²) in [5.41, 5.74) is 3.25. The Morgan fingerprint density at radius 2 is 1.97 bits per heavy atom. The SMILES string of the molecule is CCn1cc(Br)c(C(=O)Nc2cc(Oc3cc(C)cc(C)c3C)cc([N+](=O)[O-])c2)n1. The van der Waals surface area contributed by atoms with Crippen molar-refractivity contribution in [3.8, 4) is 11.5 Å². The van der Waals surface area contributed by atoms with Crippen LogP contribution < -0.4 is 10.1 Å². The van der Waals surface area contributed by atoms with Crippen LogP contribution >= 0.6 is 15.9 Å². The molecule has 9 heteroatoms. The molecule has 0 atom stereocenters. The van der Waals surface area contributed by atoms with Crippen LogP contribution in [0.1, 0.15) is 34.1 Å². The maximum atomic E-state index is 12.6. The van der Waals surface area contributed by atoms with Crippen LogP contribution in [0.3, 0.4) is 0 Å². The zero-order valence-electron chi connectivity index (χ0n) is 17.0. The summed E-state index contributed by atoms with van der Waals surface area (Å²) < 4.78 is 8.10. The lowest BCUT2D eigenvalue weighted by Gasteiger charge is -2.13. The van der Waals surface area contributed by atoms with Crippen molar-refractivity contribution in [1.82, 2.24) is 9.78 Å². The molecule has 1 N–H and O–H groups in total. The molecule has 0 saturated carbocycles. The molecule has 0 bridgehead atoms. The second-order valence-corrected chi connectivity index (χ2v) is 7.77. The summed E-state index contributed by atoms with van der Waals surface area (Å²) >= 11 is 3.31. The van der Waals surface area contributed by atoms with E-state index in [1.807, 2.05) is 39.8 Å². The number of nitro groups is 1. The third kappa shape index (κ3) is 4.68. The predicted molar refractivity (Wildman–Crippen MR) is 117 cm³/mol. The quantitative estimate of drug-likeness (QED) is 0.374. The third-order valence-corrected chi connectivity index (χ3v) is 5.19. The Hall–Kier alpha value is -3.20. The highest BCUT2D eigenvalue weighted by Crippen LogP contribution is 2.33. The monoisotopic (exact) mass is 472 g/mol. The van der Waals surface area contributed by atoms with E-state index in [0.717, 1.165) is 16.7 Å². The van der Waals surface area contributed by atoms with Crippen LogP contribution in [0.5, 0.6) is 11.5 Å². The number of aromatic nitrogens is 2. The smallest absolute Gasteiger partial charge is 0.277 e. The number of aryl methyl sites for hydroxylation is 3. The molecule has 30 heavy (non-hydrogen) atoms. The van der Waals surface area contributed by atoms with Gasteiger partial charge in [-0.1, -0.05) is 6.07 Å². The summed E-state index contributed by atoms with van der Waals surface area (Å²) in [6.45, 7) is 8.36. The molecular formula is C21H21BrN4O4. The molecule has 3 rings (SSSR count). The van der Waals surface area contributed by atoms with Crippen LogP contribution in [-0.2, 0) is 6.54 Å². The molecule has 0 radical (unpaired) electrons. The summed E-state index contributed by atoms with van der Waals surface area (Å²) in [6.07, 6.45) is 1.69. The van der Waals surface area contributed by atoms with Crippen molar-refractivity contribution in [2.24, 2.45) is 0 Å². The molecular weight excluding hydrogens is 452 g/mol. The Bertz CT molecular complexity index is 1140. The number of carbonyl (C=O) groups excluding carboxylic acids is 1. The number of nitro benzene ring substituents is 1. The summed E-state index contributed by atoms with van der Waals surface area (Å²) in [5, 5.41) is 18.3. The largest absolute Gasteiger partial charge is 0.457 e. The lowest BCUT2D eigenvalue weighted by molar-refractivity contribution is -0.384. The standard InChI is InChI=1S/C21H21BrN4O4/c1-5-25-11-18(22)20(24-25)21(27)23-15-8-16(26(28)29)10-17(9-15)30-19-7-12(2)6-13(3)14(19)4/h6-11H,5H2,1-4H3,(H,23,27). The van der Waals surface area contributed by atoms with E-state index in [-0.39, 0.29) is 22.8 Å². The molecule has 0 aliphatic heterocycles. The van der Waals surface area contributed by atoms with Crippen molar-refractivity contribution in [3.05, 3.63) is 73.5 Å². The Balaban J connectivity index is 1.94. The average molecular weight is 473 g/mol. The number of hydrogen-bond acceptors (Lipinski definition) is 5. The number of halogens is 1. The van der Waals surface area contributed by atoms with Crippen molar-refractivity contribution < 1.29 is 14.5 Å². The predicted octanol–water partition coefficient (Wildman–Crippen LogP) is 5.54. The number of benzene rings is 2. The maximum absolute atomic E-state index is 12.6. The van der Waals surface area contributed by atoms with Crippen LogP contribution in [0.15, 0.2) is 41.0 Å². The van der Waals surface area contributed by atoms with Crippen molar-refractivity contribution >= 4 is 33.2 Å². The van der Waals surface area contributed by atoms with Gasteiger partial charge >= 0.3 is 0 Å². The normalized spacial score (nSPS) is 10.7. The minimum Gasteiger partial charge on any atom is -0.457 e. The van der Waals surface area contributed by atoms with Gasteiger partial charge in [0.2, 0.25) is 0 Å². The van der Waals surface area contributed by atoms with E-state index in [2.05, 4.69) is 26.3 Å². The Morgan fingerprint density at radius 3 is 2.60 bits per heavy atom. The zero-order chi connectivity index (χ0) is 22.0. The molecule has 0 spiro atoms. The van der Waals surface area contributed by atoms with Crippen LogP contribution in [-0.4, -0.2) is 20.6 Å². The fourth-order valence-corrected chi connectivity index (χ4v) is 3.45. The van der Waals surface area contributed by atoms with Crippen molar-refractivity contribution in [2.45, 2.75) is 34.2 Å². The van der Waals surface area contributed by atoms with Crippen molar-refractivity contribution in [2.75, 3.05) is 5.32 Å². The van der Waals surface area contributed by atoms with E-state index >= 15 is 0 Å². The number of ether oxygens (including phenoxy) is 1. The number of non-ortho nitro benzene ring substituents is 1. The molecule has 1 aromatic heterocycles. The molecule has 0 aliphatic carbocycles. The van der Waals surface area contributed by atoms with E-state index in [1.165, 1.54) is 12.1 Å². The van der Waals surface area contributed by atoms with Gasteiger partial charge in [-0.15, -0.1) is 0 Å². The van der Waals surface area contributed by atoms with Crippen molar-refractivity contribution in [1.29, 1.82) is 0 Å². The molecule has 1 heterocycles. The first kappa shape index (κ1) is 21.5. The number of hydrogen-bond donors (Lipinski definition) is 1. The number of amides is 1. The molecule has 8 nitrogen and oxygen atoms in total. The van der Waals surface area contributed by atoms with Gasteiger partial charge in [-0.05, 0) is 66.4 Å². The fraction of sp³-hybridized carbons (Fsp3) is 0.238. The van der Waals surface area contributed by atoms with Gasteiger partial charge in [-0.2, -0.15) is 5.10 Å². The summed E-state index contributed by atoms with van der Waals surface area (Å²) in [5.74, 6) is 0.378. The van der Waals surface area contributed by atoms with Crippen LogP contribution in [0.4, 0.5) is 11.4 Å². The van der Waals surface area contributed by atoms with E-state index in [4.69, 9.17) is 4.74 Å². The van der Waals surface area contributed by atoms with Gasteiger partial charge in [0, 0.05) is 24.9 Å². The molecule has 0 fully saturated rings. The number of nitrogens with zero attached hydrogens (tertiary/aromatic N) is 3. The zero-order valence-corrected chi connectivity index (χ0v) is 18.6. The van der Waals surface area contributed by atoms with Gasteiger partial charge in [0.25, 0.3) is 11.6 Å². The van der Waals surface area contributed by atoms with Crippen LogP contribution in [0.25, 0.3) is 0 Å². The second-order valence-electron chi connectivity index (χ2n) is 6.92. The first-order valence-corrected chi connectivity index (χ1v) is 10.1. The fourth-order valence-electron chi connectivity index (χ4n) is 2.96. The highest BCUT2D eigenvalue weighted by molar-refractivity contribution is 9.10. The van der Waals surface area contributed by atoms with Crippen molar-refractivity contribution in [3.63, 3.8) is 0 Å². The summed E-state index contributed by atoms with van der Waals surface area (Å²) in [4.78, 5) is 23.5. The Kier molecular flexibility index (Phi) is 6.21. The molecule has 3 aromatic rings. The van der Waals surface area contributed by atoms with Gasteiger partial charge in [-0.3, -0.25) is 19.6 Å². The maximum Gasteiger partial charge on any atom is 0.277 e. The topological polar surface area (TPSA) is 99.3 Å². The molecule has 1 amide bonds. The molecule has 0 unspecified atom stereocenters. The molecule has 2 aromatic carbocycles. The highest BCUT2D eigenvalue weighted by atomic mass is 79.9. The van der Waals surface area contributed by atoms with E-state index in [1.54, 1.807) is 16.9 Å². The lowest BCUT2D eigenvalue weighted by atomic mass is 10.1. The van der Waals surface area contributed by atoms with Crippen LogP contribution in [0.2, 0.25) is 0 Å². The number of anilines is 1. The lowest BCUT2D eigenvalue weighted by Crippen LogP contribution is -2.14. The molecule has 0 aliphatic rings. The number of carbonyl (C=O) groups is 1. The van der Waals surface area contributed by atoms with Gasteiger partial charge in [0.1, 0.15) is 11.5 Å². The second kappa shape index (κ2) is 8.66.